The summed E-state index contributed by atoms with van der Waals surface area (Å²) in [6.07, 6.45) is 10.4. The molecule has 0 radical (unpaired) electrons. The molecule has 5 nitrogen and oxygen atoms in total. The van der Waals surface area contributed by atoms with Crippen molar-refractivity contribution in [3.63, 3.8) is 0 Å². The number of benzene rings is 6. The molecule has 57 heavy (non-hydrogen) atoms. The second-order valence-electron chi connectivity index (χ2n) is 14.3. The monoisotopic (exact) mass is 743 g/mol. The Balaban J connectivity index is 0.000000163. The predicted octanol–water partition coefficient (Wildman–Crippen LogP) is 13.4. The van der Waals surface area contributed by atoms with Crippen LogP contribution in [0.2, 0.25) is 0 Å². The third-order valence-electron chi connectivity index (χ3n) is 10.9. The van der Waals surface area contributed by atoms with Crippen LogP contribution in [0.3, 0.4) is 0 Å². The minimum atomic E-state index is 0.270. The van der Waals surface area contributed by atoms with Gasteiger partial charge in [0.05, 0.1) is 23.0 Å². The lowest BCUT2D eigenvalue weighted by atomic mass is 9.83. The summed E-state index contributed by atoms with van der Waals surface area (Å²) in [5.74, 6) is 0.841. The minimum Gasteiger partial charge on any atom is -0.456 e. The average Bonchev–Trinajstić information content (AvgIpc) is 3.79. The van der Waals surface area contributed by atoms with Gasteiger partial charge in [-0.1, -0.05) is 127 Å². The molecule has 4 heterocycles. The molecular weight excluding hydrogens is 697 g/mol. The van der Waals surface area contributed by atoms with E-state index in [0.717, 1.165) is 38.0 Å². The van der Waals surface area contributed by atoms with E-state index in [1.165, 1.54) is 50.3 Å². The van der Waals surface area contributed by atoms with E-state index in [1.807, 2.05) is 61.5 Å². The smallest absolute Gasteiger partial charge is 0.177 e. The summed E-state index contributed by atoms with van der Waals surface area (Å²) in [6, 6.07) is 53.9. The Morgan fingerprint density at radius 2 is 1.47 bits per heavy atom. The van der Waals surface area contributed by atoms with E-state index >= 15 is 0 Å². The van der Waals surface area contributed by atoms with E-state index in [2.05, 4.69) is 157 Å². The van der Waals surface area contributed by atoms with Crippen molar-refractivity contribution in [1.82, 2.24) is 9.05 Å². The highest BCUT2D eigenvalue weighted by Gasteiger charge is 2.58. The number of aromatic nitrogens is 1. The number of fused-ring (bicyclic) bond motifs is 9. The summed E-state index contributed by atoms with van der Waals surface area (Å²) in [5.41, 5.74) is 20.2. The number of aryl methyl sites for hydroxylation is 1. The summed E-state index contributed by atoms with van der Waals surface area (Å²) in [6.45, 7) is 12.6. The van der Waals surface area contributed by atoms with Gasteiger partial charge in [-0.05, 0) is 86.8 Å². The Bertz CT molecular complexity index is 2750. The number of para-hydroxylation sites is 4. The predicted molar refractivity (Wildman–Crippen MR) is 242 cm³/mol. The molecule has 0 spiro atoms. The standard InChI is InChI=1S/C31H24N3.C14H15NO.C7H8/c1-32-21-22-15-17-23(18-16-22)33-27-13-7-5-11-25(27)31-28(33)19-20-30-26-12-6-8-14-29(26)34(30,31)24-9-3-2-4-10-24;1-3-6-13-11(4-2)12-8-5-7-10(9-15)14(12)16-13;1-7-5-3-2-4-6-7/h2-20,30H,1,21H2;3-8H,2,9,15H2,1H3;2-6H,1H3/q+1;;/b;6-3-;. The molecule has 2 aliphatic heterocycles. The van der Waals surface area contributed by atoms with Crippen LogP contribution in [0.5, 0.6) is 0 Å². The van der Waals surface area contributed by atoms with Crippen LogP contribution in [-0.2, 0) is 13.1 Å². The molecule has 280 valence electrons. The Kier molecular flexibility index (Phi) is 10.5. The molecule has 2 aromatic heterocycles. The Morgan fingerprint density at radius 3 is 2.16 bits per heavy atom. The quantitative estimate of drug-likeness (QED) is 0.131. The summed E-state index contributed by atoms with van der Waals surface area (Å²) in [4.78, 5) is 4.04. The highest BCUT2D eigenvalue weighted by atomic mass is 16.3. The normalized spacial score (nSPS) is 16.0. The molecule has 0 bridgehead atoms. The molecule has 0 amide bonds. The summed E-state index contributed by atoms with van der Waals surface area (Å²) < 4.78 is 8.95. The van der Waals surface area contributed by atoms with Crippen LogP contribution in [0.1, 0.15) is 52.2 Å². The van der Waals surface area contributed by atoms with E-state index in [0.29, 0.717) is 13.1 Å². The van der Waals surface area contributed by atoms with Gasteiger partial charge in [-0.25, -0.2) is 4.48 Å². The van der Waals surface area contributed by atoms with Gasteiger partial charge in [-0.15, -0.1) is 0 Å². The fraction of sp³-hybridized carbons (Fsp3) is 0.0962. The first-order chi connectivity index (χ1) is 28.0. The topological polar surface area (TPSA) is 56.4 Å². The fourth-order valence-electron chi connectivity index (χ4n) is 8.44. The van der Waals surface area contributed by atoms with Gasteiger partial charge in [-0.2, -0.15) is 0 Å². The van der Waals surface area contributed by atoms with Gasteiger partial charge in [0.1, 0.15) is 22.7 Å². The van der Waals surface area contributed by atoms with Crippen LogP contribution >= 0.6 is 0 Å². The number of nitrogens with two attached hydrogens (primary N) is 1. The van der Waals surface area contributed by atoms with E-state index in [9.17, 15) is 0 Å². The van der Waals surface area contributed by atoms with Gasteiger partial charge in [0.15, 0.2) is 17.4 Å². The summed E-state index contributed by atoms with van der Waals surface area (Å²) >= 11 is 0. The van der Waals surface area contributed by atoms with Crippen LogP contribution in [0.25, 0.3) is 45.8 Å². The first-order valence-corrected chi connectivity index (χ1v) is 19.4. The highest BCUT2D eigenvalue weighted by molar-refractivity contribution is 6.05. The van der Waals surface area contributed by atoms with E-state index in [-0.39, 0.29) is 6.04 Å². The maximum absolute atomic E-state index is 5.81. The number of quaternary nitrogens is 1. The maximum Gasteiger partial charge on any atom is 0.177 e. The second-order valence-corrected chi connectivity index (χ2v) is 14.3. The average molecular weight is 744 g/mol. The van der Waals surface area contributed by atoms with E-state index < -0.39 is 0 Å². The number of hydrogen-bond acceptors (Lipinski definition) is 3. The van der Waals surface area contributed by atoms with Crippen molar-refractivity contribution in [2.45, 2.75) is 33.0 Å². The lowest BCUT2D eigenvalue weighted by Crippen LogP contribution is -2.51. The number of furan rings is 1. The van der Waals surface area contributed by atoms with Crippen molar-refractivity contribution in [2.24, 2.45) is 10.7 Å². The highest BCUT2D eigenvalue weighted by Crippen LogP contribution is 2.66. The maximum atomic E-state index is 5.81. The van der Waals surface area contributed by atoms with E-state index in [4.69, 9.17) is 10.2 Å². The SMILES string of the molecule is C=Cc1c(/C=C\C)oc2c(CN)cccc12.C=NCc1ccc(-n2c3c(c4ccccc42)[N+]2(c4ccccc4)c4ccccc4C2C=C3)cc1.Cc1ccccc1. The molecule has 2 N–H and O–H groups in total. The van der Waals surface area contributed by atoms with Gasteiger partial charge < -0.3 is 14.7 Å². The van der Waals surface area contributed by atoms with Crippen molar-refractivity contribution in [1.29, 1.82) is 0 Å². The zero-order valence-corrected chi connectivity index (χ0v) is 32.6. The number of aliphatic imine (C=N–C) groups is 1. The van der Waals surface area contributed by atoms with Gasteiger partial charge in [0.2, 0.25) is 0 Å². The van der Waals surface area contributed by atoms with Gasteiger partial charge in [0, 0.05) is 34.8 Å². The first-order valence-electron chi connectivity index (χ1n) is 19.4. The molecule has 0 saturated carbocycles. The number of rotatable bonds is 7. The molecule has 0 saturated heterocycles. The largest absolute Gasteiger partial charge is 0.456 e. The number of allylic oxidation sites excluding steroid dienone is 1. The fourth-order valence-corrected chi connectivity index (χ4v) is 8.44. The van der Waals surface area contributed by atoms with Crippen molar-refractivity contribution in [3.05, 3.63) is 210 Å². The molecule has 2 unspecified atom stereocenters. The van der Waals surface area contributed by atoms with Crippen molar-refractivity contribution < 1.29 is 4.42 Å². The molecule has 0 fully saturated rings. The van der Waals surface area contributed by atoms with Crippen LogP contribution in [0.4, 0.5) is 17.1 Å². The second kappa shape index (κ2) is 16.1. The minimum absolute atomic E-state index is 0.270. The summed E-state index contributed by atoms with van der Waals surface area (Å²) in [7, 11) is 0. The van der Waals surface area contributed by atoms with Crippen LogP contribution < -0.4 is 10.2 Å². The van der Waals surface area contributed by atoms with Crippen LogP contribution in [0.15, 0.2) is 180 Å². The first kappa shape index (κ1) is 37.1. The molecule has 5 heteroatoms. The molecule has 0 aliphatic carbocycles. The third kappa shape index (κ3) is 6.47. The third-order valence-corrected chi connectivity index (χ3v) is 10.9. The lowest BCUT2D eigenvalue weighted by molar-refractivity contribution is 0.390. The van der Waals surface area contributed by atoms with Crippen molar-refractivity contribution >= 4 is 63.9 Å². The van der Waals surface area contributed by atoms with Crippen LogP contribution in [0, 0.1) is 6.92 Å². The van der Waals surface area contributed by atoms with Crippen LogP contribution in [-0.4, -0.2) is 11.3 Å². The number of nitrogens with zero attached hydrogens (tertiary/aromatic N) is 3. The van der Waals surface area contributed by atoms with Gasteiger partial charge in [-0.3, -0.25) is 4.99 Å². The van der Waals surface area contributed by atoms with Crippen molar-refractivity contribution in [2.75, 3.05) is 0 Å². The zero-order chi connectivity index (χ0) is 39.4. The zero-order valence-electron chi connectivity index (χ0n) is 32.6. The lowest BCUT2D eigenvalue weighted by Gasteiger charge is -2.52. The van der Waals surface area contributed by atoms with Gasteiger partial charge >= 0.3 is 0 Å². The molecular formula is C52H47N4O+. The summed E-state index contributed by atoms with van der Waals surface area (Å²) in [5, 5.41) is 2.37. The Morgan fingerprint density at radius 1 is 0.789 bits per heavy atom. The van der Waals surface area contributed by atoms with E-state index in [1.54, 1.807) is 0 Å². The number of hydrogen-bond donors (Lipinski definition) is 1. The molecule has 2 aliphatic rings. The Hall–Kier alpha value is -6.79. The van der Waals surface area contributed by atoms with Gasteiger partial charge in [0.25, 0.3) is 0 Å². The van der Waals surface area contributed by atoms with Crippen molar-refractivity contribution in [3.8, 4) is 5.69 Å². The Labute approximate surface area is 335 Å². The molecule has 2 atom stereocenters. The molecule has 6 aromatic carbocycles. The molecule has 10 rings (SSSR count). The molecule has 8 aromatic rings.